The van der Waals surface area contributed by atoms with Gasteiger partial charge in [0.2, 0.25) is 0 Å². The largest absolute Gasteiger partial charge is 0.309 e. The van der Waals surface area contributed by atoms with Crippen molar-refractivity contribution in [3.8, 4) is 45.8 Å². The Kier molecular flexibility index (Phi) is 6.22. The highest BCUT2D eigenvalue weighted by atomic mass is 15.0. The number of nitrogens with zero attached hydrogens (tertiary/aromatic N) is 4. The summed E-state index contributed by atoms with van der Waals surface area (Å²) in [5.41, 5.74) is 11.4. The van der Waals surface area contributed by atoms with Gasteiger partial charge in [0.1, 0.15) is 0 Å². The molecule has 9 rings (SSSR count). The summed E-state index contributed by atoms with van der Waals surface area (Å²) in [5, 5.41) is 24.5. The van der Waals surface area contributed by atoms with Crippen molar-refractivity contribution < 1.29 is 0 Å². The molecule has 4 nitrogen and oxygen atoms in total. The summed E-state index contributed by atoms with van der Waals surface area (Å²) >= 11 is 0. The zero-order chi connectivity index (χ0) is 32.2. The predicted octanol–water partition coefficient (Wildman–Crippen LogP) is 11.0. The Hall–Kier alpha value is -6.88. The van der Waals surface area contributed by atoms with E-state index in [0.29, 0.717) is 16.7 Å². The van der Waals surface area contributed by atoms with Gasteiger partial charge in [-0.05, 0) is 77.4 Å². The highest BCUT2D eigenvalue weighted by molar-refractivity contribution is 6.19. The van der Waals surface area contributed by atoms with Crippen LogP contribution in [-0.4, -0.2) is 9.13 Å². The summed E-state index contributed by atoms with van der Waals surface area (Å²) in [7, 11) is 0. The van der Waals surface area contributed by atoms with Crippen molar-refractivity contribution in [3.63, 3.8) is 0 Å². The Morgan fingerprint density at radius 1 is 0.354 bits per heavy atom. The van der Waals surface area contributed by atoms with Gasteiger partial charge in [-0.25, -0.2) is 0 Å². The third-order valence-electron chi connectivity index (χ3n) is 9.38. The van der Waals surface area contributed by atoms with Crippen molar-refractivity contribution in [1.82, 2.24) is 9.13 Å². The Morgan fingerprint density at radius 3 is 1.38 bits per heavy atom. The number of benzene rings is 7. The Bertz CT molecular complexity index is 2770. The van der Waals surface area contributed by atoms with Crippen molar-refractivity contribution in [3.05, 3.63) is 169 Å². The van der Waals surface area contributed by atoms with Crippen molar-refractivity contribution in [2.24, 2.45) is 0 Å². The average Bonchev–Trinajstić information content (AvgIpc) is 3.66. The molecule has 0 unspecified atom stereocenters. The van der Waals surface area contributed by atoms with Crippen molar-refractivity contribution in [2.75, 3.05) is 0 Å². The Balaban J connectivity index is 1.33. The predicted molar refractivity (Wildman–Crippen MR) is 195 cm³/mol. The van der Waals surface area contributed by atoms with Crippen LogP contribution in [-0.2, 0) is 0 Å². The van der Waals surface area contributed by atoms with Crippen LogP contribution in [0, 0.1) is 22.7 Å². The summed E-state index contributed by atoms with van der Waals surface area (Å²) in [6.07, 6.45) is 0. The third kappa shape index (κ3) is 4.14. The highest BCUT2D eigenvalue weighted by Crippen LogP contribution is 2.40. The molecule has 0 radical (unpaired) electrons. The maximum atomic E-state index is 9.91. The van der Waals surface area contributed by atoms with Crippen LogP contribution in [0.1, 0.15) is 11.1 Å². The van der Waals surface area contributed by atoms with Crippen molar-refractivity contribution in [1.29, 1.82) is 10.5 Å². The van der Waals surface area contributed by atoms with Crippen LogP contribution in [0.25, 0.3) is 77.2 Å². The minimum Gasteiger partial charge on any atom is -0.309 e. The van der Waals surface area contributed by atoms with E-state index in [0.717, 1.165) is 49.8 Å². The third-order valence-corrected chi connectivity index (χ3v) is 9.38. The quantitative estimate of drug-likeness (QED) is 0.199. The number of fused-ring (bicyclic) bond motifs is 6. The molecule has 0 aliphatic carbocycles. The average molecular weight is 611 g/mol. The number of hydrogen-bond acceptors (Lipinski definition) is 2. The number of rotatable bonds is 4. The molecule has 4 heteroatoms. The molecule has 2 aromatic heterocycles. The van der Waals surface area contributed by atoms with E-state index in [-0.39, 0.29) is 0 Å². The zero-order valence-corrected chi connectivity index (χ0v) is 25.8. The number of aromatic nitrogens is 2. The summed E-state index contributed by atoms with van der Waals surface area (Å²) in [4.78, 5) is 0. The SMILES string of the molecule is N#Cc1cccc(C#N)c1-c1cccc(-n2c3ccccc3c3cc4c(cc32)c2ccccc2n4-c2cccc(-c3ccccc3)c2)c1. The van der Waals surface area contributed by atoms with E-state index in [4.69, 9.17) is 0 Å². The summed E-state index contributed by atoms with van der Waals surface area (Å²) < 4.78 is 4.68. The topological polar surface area (TPSA) is 57.4 Å². The molecular formula is C44H26N4. The van der Waals surface area contributed by atoms with Gasteiger partial charge in [-0.3, -0.25) is 0 Å². The molecule has 0 atom stereocenters. The minimum atomic E-state index is 0.485. The van der Waals surface area contributed by atoms with Crippen LogP contribution in [0.2, 0.25) is 0 Å². The monoisotopic (exact) mass is 610 g/mol. The summed E-state index contributed by atoms with van der Waals surface area (Å²) in [5.74, 6) is 0. The van der Waals surface area contributed by atoms with Gasteiger partial charge in [-0.15, -0.1) is 0 Å². The molecule has 2 heterocycles. The first-order valence-corrected chi connectivity index (χ1v) is 15.9. The maximum Gasteiger partial charge on any atom is 0.0998 e. The number of para-hydroxylation sites is 2. The van der Waals surface area contributed by atoms with Gasteiger partial charge in [0, 0.05) is 38.5 Å². The van der Waals surface area contributed by atoms with Crippen LogP contribution >= 0.6 is 0 Å². The molecule has 7 aromatic carbocycles. The highest BCUT2D eigenvalue weighted by Gasteiger charge is 2.19. The molecule has 0 spiro atoms. The Labute approximate surface area is 277 Å². The molecule has 0 saturated heterocycles. The fraction of sp³-hybridized carbons (Fsp3) is 0. The summed E-state index contributed by atoms with van der Waals surface area (Å²) in [6, 6.07) is 59.1. The van der Waals surface area contributed by atoms with Gasteiger partial charge in [0.15, 0.2) is 0 Å². The smallest absolute Gasteiger partial charge is 0.0998 e. The normalized spacial score (nSPS) is 11.3. The lowest BCUT2D eigenvalue weighted by Crippen LogP contribution is -1.96. The molecule has 9 aromatic rings. The van der Waals surface area contributed by atoms with Crippen molar-refractivity contribution >= 4 is 43.6 Å². The molecule has 0 aliphatic heterocycles. The lowest BCUT2D eigenvalue weighted by atomic mass is 9.95. The molecule has 0 amide bonds. The van der Waals surface area contributed by atoms with E-state index in [1.54, 1.807) is 18.2 Å². The summed E-state index contributed by atoms with van der Waals surface area (Å²) in [6.45, 7) is 0. The number of hydrogen-bond donors (Lipinski definition) is 0. The second-order valence-electron chi connectivity index (χ2n) is 12.0. The lowest BCUT2D eigenvalue weighted by Gasteiger charge is -2.12. The van der Waals surface area contributed by atoms with E-state index in [2.05, 4.69) is 143 Å². The van der Waals surface area contributed by atoms with E-state index < -0.39 is 0 Å². The maximum absolute atomic E-state index is 9.91. The fourth-order valence-electron chi connectivity index (χ4n) is 7.29. The molecule has 48 heavy (non-hydrogen) atoms. The molecule has 222 valence electrons. The first-order valence-electron chi connectivity index (χ1n) is 15.9. The van der Waals surface area contributed by atoms with Gasteiger partial charge in [-0.2, -0.15) is 10.5 Å². The van der Waals surface area contributed by atoms with Crippen LogP contribution in [0.15, 0.2) is 158 Å². The van der Waals surface area contributed by atoms with Crippen LogP contribution in [0.3, 0.4) is 0 Å². The Morgan fingerprint density at radius 2 is 0.812 bits per heavy atom. The van der Waals surface area contributed by atoms with E-state index in [1.807, 2.05) is 18.2 Å². The first kappa shape index (κ1) is 27.4. The van der Waals surface area contributed by atoms with Crippen molar-refractivity contribution in [2.45, 2.75) is 0 Å². The molecule has 0 bridgehead atoms. The first-order chi connectivity index (χ1) is 23.7. The van der Waals surface area contributed by atoms with Crippen LogP contribution in [0.4, 0.5) is 0 Å². The van der Waals surface area contributed by atoms with Gasteiger partial charge >= 0.3 is 0 Å². The minimum absolute atomic E-state index is 0.485. The van der Waals surface area contributed by atoms with E-state index >= 15 is 0 Å². The van der Waals surface area contributed by atoms with E-state index in [9.17, 15) is 10.5 Å². The second kappa shape index (κ2) is 10.9. The molecule has 0 N–H and O–H groups in total. The molecular weight excluding hydrogens is 585 g/mol. The van der Waals surface area contributed by atoms with Crippen LogP contribution in [0.5, 0.6) is 0 Å². The van der Waals surface area contributed by atoms with E-state index in [1.165, 1.54) is 21.9 Å². The zero-order valence-electron chi connectivity index (χ0n) is 25.8. The van der Waals surface area contributed by atoms with Gasteiger partial charge in [-0.1, -0.05) is 97.1 Å². The van der Waals surface area contributed by atoms with Gasteiger partial charge in [0.25, 0.3) is 0 Å². The van der Waals surface area contributed by atoms with Gasteiger partial charge in [0.05, 0.1) is 45.3 Å². The van der Waals surface area contributed by atoms with Crippen LogP contribution < -0.4 is 0 Å². The van der Waals surface area contributed by atoms with Gasteiger partial charge < -0.3 is 9.13 Å². The standard InChI is InChI=1S/C44H26N4/c45-27-32-15-8-16-33(28-46)44(32)31-14-10-18-35(24-31)48-41-22-7-5-20-37(41)39-25-42-38(26-43(39)48)36-19-4-6-21-40(36)47(42)34-17-9-13-30(23-34)29-11-2-1-3-12-29/h1-26H. The molecule has 0 saturated carbocycles. The number of nitriles is 2. The lowest BCUT2D eigenvalue weighted by molar-refractivity contribution is 1.17. The fourth-order valence-corrected chi connectivity index (χ4v) is 7.29. The second-order valence-corrected chi connectivity index (χ2v) is 12.0. The molecule has 0 aliphatic rings. The molecule has 0 fully saturated rings.